The smallest absolute Gasteiger partial charge is 0.177 e. The average molecular weight is 370 g/mol. The van der Waals surface area contributed by atoms with E-state index in [-0.39, 0.29) is 14.9 Å². The third-order valence-electron chi connectivity index (χ3n) is 2.66. The lowest BCUT2D eigenvalue weighted by molar-refractivity contribution is 0.602. The zero-order valence-corrected chi connectivity index (χ0v) is 14.0. The van der Waals surface area contributed by atoms with Gasteiger partial charge in [-0.1, -0.05) is 52.5 Å². The maximum atomic E-state index is 11.6. The Hall–Kier alpha value is -0.450. The Morgan fingerprint density at radius 3 is 2.10 bits per heavy atom. The van der Waals surface area contributed by atoms with E-state index in [1.807, 2.05) is 0 Å². The van der Waals surface area contributed by atoms with E-state index in [0.29, 0.717) is 21.2 Å². The summed E-state index contributed by atoms with van der Waals surface area (Å²) in [7, 11) is -3.45. The second kappa shape index (κ2) is 5.74. The van der Waals surface area contributed by atoms with Crippen molar-refractivity contribution in [2.45, 2.75) is 4.90 Å². The third kappa shape index (κ3) is 3.07. The largest absolute Gasteiger partial charge is 0.224 e. The van der Waals surface area contributed by atoms with Gasteiger partial charge in [-0.25, -0.2) is 8.42 Å². The van der Waals surface area contributed by atoms with Gasteiger partial charge in [-0.2, -0.15) is 0 Å². The lowest BCUT2D eigenvalue weighted by Crippen LogP contribution is -1.99. The third-order valence-corrected chi connectivity index (χ3v) is 5.36. The minimum absolute atomic E-state index is 0.0222. The number of hydrogen-bond donors (Lipinski definition) is 0. The van der Waals surface area contributed by atoms with E-state index in [2.05, 4.69) is 0 Å². The second-order valence-corrected chi connectivity index (χ2v) is 7.72. The molecule has 0 aliphatic carbocycles. The molecule has 0 aromatic heterocycles. The molecule has 0 unspecified atom stereocenters. The number of halogens is 4. The molecule has 0 saturated carbocycles. The highest BCUT2D eigenvalue weighted by Gasteiger charge is 2.19. The molecule has 0 bridgehead atoms. The molecule has 0 aliphatic rings. The van der Waals surface area contributed by atoms with E-state index in [4.69, 9.17) is 46.4 Å². The summed E-state index contributed by atoms with van der Waals surface area (Å²) in [5.41, 5.74) is 1.11. The fourth-order valence-electron chi connectivity index (χ4n) is 1.73. The van der Waals surface area contributed by atoms with E-state index in [0.717, 1.165) is 6.26 Å². The van der Waals surface area contributed by atoms with E-state index < -0.39 is 9.84 Å². The van der Waals surface area contributed by atoms with Gasteiger partial charge in [0.15, 0.2) is 9.84 Å². The molecule has 2 aromatic rings. The van der Waals surface area contributed by atoms with Crippen molar-refractivity contribution in [3.05, 3.63) is 50.4 Å². The maximum Gasteiger partial charge on any atom is 0.177 e. The second-order valence-electron chi connectivity index (χ2n) is 4.14. The van der Waals surface area contributed by atoms with Gasteiger partial charge in [-0.3, -0.25) is 0 Å². The fourth-order valence-corrected chi connectivity index (χ4v) is 3.77. The SMILES string of the molecule is CS(=O)(=O)c1ccc(-c2cc(Cl)ccc2Cl)c(Cl)c1Cl. The van der Waals surface area contributed by atoms with Crippen LogP contribution in [0.2, 0.25) is 20.1 Å². The lowest BCUT2D eigenvalue weighted by Gasteiger charge is -2.11. The quantitative estimate of drug-likeness (QED) is 0.712. The highest BCUT2D eigenvalue weighted by Crippen LogP contribution is 2.40. The zero-order valence-electron chi connectivity index (χ0n) is 10.1. The van der Waals surface area contributed by atoms with Gasteiger partial charge >= 0.3 is 0 Å². The standard InChI is InChI=1S/C13H8Cl4O2S/c1-20(18,19)11-5-3-8(12(16)13(11)17)9-6-7(14)2-4-10(9)15/h2-6H,1H3. The molecule has 0 N–H and O–H groups in total. The van der Waals surface area contributed by atoms with Crippen LogP contribution in [0.1, 0.15) is 0 Å². The molecule has 2 aromatic carbocycles. The normalized spacial score (nSPS) is 11.7. The first-order valence-electron chi connectivity index (χ1n) is 5.35. The molecular weight excluding hydrogens is 362 g/mol. The predicted molar refractivity (Wildman–Crippen MR) is 85.0 cm³/mol. The lowest BCUT2D eigenvalue weighted by atomic mass is 10.1. The molecule has 7 heteroatoms. The highest BCUT2D eigenvalue weighted by molar-refractivity contribution is 7.90. The monoisotopic (exact) mass is 368 g/mol. The molecule has 0 saturated heterocycles. The Labute approximate surface area is 137 Å². The Morgan fingerprint density at radius 2 is 1.50 bits per heavy atom. The van der Waals surface area contributed by atoms with Crippen molar-refractivity contribution in [1.82, 2.24) is 0 Å². The molecule has 0 radical (unpaired) electrons. The van der Waals surface area contributed by atoms with Crippen LogP contribution in [0.15, 0.2) is 35.2 Å². The van der Waals surface area contributed by atoms with E-state index in [1.54, 1.807) is 24.3 Å². The van der Waals surface area contributed by atoms with Gasteiger partial charge in [-0.15, -0.1) is 0 Å². The van der Waals surface area contributed by atoms with Crippen LogP contribution < -0.4 is 0 Å². The Bertz CT molecular complexity index is 785. The molecule has 0 atom stereocenters. The van der Waals surface area contributed by atoms with Crippen molar-refractivity contribution in [3.8, 4) is 11.1 Å². The molecule has 106 valence electrons. The summed E-state index contributed by atoms with van der Waals surface area (Å²) in [5.74, 6) is 0. The molecular formula is C13H8Cl4O2S. The first kappa shape index (κ1) is 15.9. The Morgan fingerprint density at radius 1 is 0.850 bits per heavy atom. The van der Waals surface area contributed by atoms with Crippen molar-refractivity contribution in [2.75, 3.05) is 6.26 Å². The molecule has 20 heavy (non-hydrogen) atoms. The molecule has 0 spiro atoms. The van der Waals surface area contributed by atoms with Crippen LogP contribution in [0.25, 0.3) is 11.1 Å². The van der Waals surface area contributed by atoms with E-state index in [1.165, 1.54) is 6.07 Å². The van der Waals surface area contributed by atoms with Crippen molar-refractivity contribution in [1.29, 1.82) is 0 Å². The molecule has 0 fully saturated rings. The Balaban J connectivity index is 2.72. The molecule has 0 heterocycles. The van der Waals surface area contributed by atoms with Gasteiger partial charge in [0.2, 0.25) is 0 Å². The van der Waals surface area contributed by atoms with Crippen LogP contribution in [-0.4, -0.2) is 14.7 Å². The first-order chi connectivity index (χ1) is 9.21. The van der Waals surface area contributed by atoms with Crippen molar-refractivity contribution in [3.63, 3.8) is 0 Å². The molecule has 0 amide bonds. The summed E-state index contributed by atoms with van der Waals surface area (Å²) in [6.45, 7) is 0. The average Bonchev–Trinajstić information content (AvgIpc) is 2.34. The number of rotatable bonds is 2. The minimum Gasteiger partial charge on any atom is -0.224 e. The summed E-state index contributed by atoms with van der Waals surface area (Å²) in [6.07, 6.45) is 1.07. The van der Waals surface area contributed by atoms with Gasteiger partial charge in [0.25, 0.3) is 0 Å². The highest BCUT2D eigenvalue weighted by atomic mass is 35.5. The van der Waals surface area contributed by atoms with E-state index in [9.17, 15) is 8.42 Å². The van der Waals surface area contributed by atoms with Gasteiger partial charge < -0.3 is 0 Å². The van der Waals surface area contributed by atoms with Crippen molar-refractivity contribution >= 4 is 56.2 Å². The van der Waals surface area contributed by atoms with E-state index >= 15 is 0 Å². The molecule has 0 aliphatic heterocycles. The number of sulfone groups is 1. The summed E-state index contributed by atoms with van der Waals surface area (Å²) < 4.78 is 23.2. The fraction of sp³-hybridized carbons (Fsp3) is 0.0769. The van der Waals surface area contributed by atoms with Crippen LogP contribution >= 0.6 is 46.4 Å². The van der Waals surface area contributed by atoms with Crippen LogP contribution in [-0.2, 0) is 9.84 Å². The van der Waals surface area contributed by atoms with Gasteiger partial charge in [0.1, 0.15) is 0 Å². The first-order valence-corrected chi connectivity index (χ1v) is 8.75. The number of hydrogen-bond acceptors (Lipinski definition) is 2. The molecule has 2 nitrogen and oxygen atoms in total. The van der Waals surface area contributed by atoms with Crippen LogP contribution in [0.3, 0.4) is 0 Å². The van der Waals surface area contributed by atoms with Gasteiger partial charge in [0.05, 0.1) is 14.9 Å². The topological polar surface area (TPSA) is 34.1 Å². The summed E-state index contributed by atoms with van der Waals surface area (Å²) >= 11 is 24.2. The maximum absolute atomic E-state index is 11.6. The van der Waals surface area contributed by atoms with Crippen LogP contribution in [0.5, 0.6) is 0 Å². The zero-order chi connectivity index (χ0) is 15.1. The Kier molecular flexibility index (Phi) is 4.57. The van der Waals surface area contributed by atoms with Gasteiger partial charge in [0, 0.05) is 27.4 Å². The predicted octanol–water partition coefficient (Wildman–Crippen LogP) is 5.37. The molecule has 2 rings (SSSR count). The minimum atomic E-state index is -3.45. The summed E-state index contributed by atoms with van der Waals surface area (Å²) in [6, 6.07) is 7.88. The van der Waals surface area contributed by atoms with Crippen LogP contribution in [0.4, 0.5) is 0 Å². The van der Waals surface area contributed by atoms with Gasteiger partial charge in [-0.05, 0) is 24.3 Å². The summed E-state index contributed by atoms with van der Waals surface area (Å²) in [4.78, 5) is -0.0222. The van der Waals surface area contributed by atoms with Crippen molar-refractivity contribution in [2.24, 2.45) is 0 Å². The summed E-state index contributed by atoms with van der Waals surface area (Å²) in [5, 5.41) is 1.03. The van der Waals surface area contributed by atoms with Crippen LogP contribution in [0, 0.1) is 0 Å². The number of benzene rings is 2. The van der Waals surface area contributed by atoms with Crippen molar-refractivity contribution < 1.29 is 8.42 Å².